The highest BCUT2D eigenvalue weighted by Gasteiger charge is 2.27. The minimum Gasteiger partial charge on any atom is -0.308 e. The molecule has 6 heteroatoms. The summed E-state index contributed by atoms with van der Waals surface area (Å²) < 4.78 is 24.0. The van der Waals surface area contributed by atoms with E-state index in [1.165, 1.54) is 15.3 Å². The first kappa shape index (κ1) is 15.2. The lowest BCUT2D eigenvalue weighted by Gasteiger charge is -2.08. The Kier molecular flexibility index (Phi) is 4.49. The van der Waals surface area contributed by atoms with Crippen LogP contribution in [0.4, 0.5) is 0 Å². The summed E-state index contributed by atoms with van der Waals surface area (Å²) in [6.45, 7) is 0.731. The molecule has 0 amide bonds. The quantitative estimate of drug-likeness (QED) is 0.876. The molecule has 1 unspecified atom stereocenters. The predicted molar refractivity (Wildman–Crippen MR) is 91.4 cm³/mol. The first-order valence-corrected chi connectivity index (χ1v) is 10.2. The zero-order chi connectivity index (χ0) is 14.9. The third kappa shape index (κ3) is 3.74. The lowest BCUT2D eigenvalue weighted by atomic mass is 10.2. The van der Waals surface area contributed by atoms with Crippen molar-refractivity contribution in [2.45, 2.75) is 19.0 Å². The summed E-state index contributed by atoms with van der Waals surface area (Å²) in [6.07, 6.45) is 0.727. The van der Waals surface area contributed by atoms with Gasteiger partial charge >= 0.3 is 0 Å². The van der Waals surface area contributed by atoms with E-state index >= 15 is 0 Å². The van der Waals surface area contributed by atoms with Gasteiger partial charge in [-0.05, 0) is 24.6 Å². The van der Waals surface area contributed by atoms with Gasteiger partial charge in [-0.25, -0.2) is 8.42 Å². The molecule has 1 aromatic heterocycles. The highest BCUT2D eigenvalue weighted by Crippen LogP contribution is 2.33. The number of nitrogens with one attached hydrogen (secondary N) is 1. The summed E-state index contributed by atoms with van der Waals surface area (Å²) in [4.78, 5) is 2.45. The molecule has 1 N–H and O–H groups in total. The first-order valence-electron chi connectivity index (χ1n) is 6.81. The van der Waals surface area contributed by atoms with Crippen molar-refractivity contribution in [3.05, 3.63) is 45.7 Å². The number of hydrogen-bond donors (Lipinski definition) is 1. The van der Waals surface area contributed by atoms with Crippen LogP contribution in [0, 0.1) is 0 Å². The number of sulfone groups is 1. The van der Waals surface area contributed by atoms with E-state index < -0.39 is 9.84 Å². The van der Waals surface area contributed by atoms with E-state index in [0.29, 0.717) is 5.75 Å². The smallest absolute Gasteiger partial charge is 0.151 e. The third-order valence-corrected chi connectivity index (χ3v) is 7.18. The fraction of sp³-hybridized carbons (Fsp3) is 0.333. The van der Waals surface area contributed by atoms with Crippen LogP contribution in [-0.4, -0.2) is 26.0 Å². The molecule has 0 saturated carbocycles. The Balaban J connectivity index is 1.65. The number of rotatable bonds is 4. The van der Waals surface area contributed by atoms with Crippen LogP contribution in [0.1, 0.15) is 11.3 Å². The molecule has 0 radical (unpaired) electrons. The monoisotopic (exact) mass is 385 g/mol. The molecular weight excluding hydrogens is 370 g/mol. The molecule has 1 fully saturated rings. The van der Waals surface area contributed by atoms with Crippen molar-refractivity contribution >= 4 is 37.1 Å². The van der Waals surface area contributed by atoms with E-state index in [9.17, 15) is 8.42 Å². The van der Waals surface area contributed by atoms with Gasteiger partial charge in [0.15, 0.2) is 9.84 Å². The Bertz CT molecular complexity index is 740. The van der Waals surface area contributed by atoms with Crippen LogP contribution >= 0.6 is 27.3 Å². The summed E-state index contributed by atoms with van der Waals surface area (Å²) >= 11 is 5.31. The normalized spacial score (nSPS) is 20.7. The summed E-state index contributed by atoms with van der Waals surface area (Å²) in [5, 5.41) is 3.35. The summed E-state index contributed by atoms with van der Waals surface area (Å²) in [7, 11) is -2.81. The summed E-state index contributed by atoms with van der Waals surface area (Å²) in [6, 6.07) is 12.5. The Morgan fingerprint density at radius 1 is 1.24 bits per heavy atom. The maximum Gasteiger partial charge on any atom is 0.151 e. The first-order chi connectivity index (χ1) is 10.0. The molecule has 21 heavy (non-hydrogen) atoms. The number of halogens is 1. The van der Waals surface area contributed by atoms with Crippen LogP contribution in [0.3, 0.4) is 0 Å². The van der Waals surface area contributed by atoms with Crippen molar-refractivity contribution in [2.24, 2.45) is 0 Å². The van der Waals surface area contributed by atoms with Gasteiger partial charge in [0, 0.05) is 32.4 Å². The van der Waals surface area contributed by atoms with E-state index in [4.69, 9.17) is 0 Å². The van der Waals surface area contributed by atoms with Crippen LogP contribution in [-0.2, 0) is 16.4 Å². The van der Waals surface area contributed by atoms with Crippen molar-refractivity contribution < 1.29 is 8.42 Å². The molecule has 2 heterocycles. The molecule has 1 atom stereocenters. The van der Waals surface area contributed by atoms with Gasteiger partial charge in [0.1, 0.15) is 0 Å². The topological polar surface area (TPSA) is 46.2 Å². The van der Waals surface area contributed by atoms with E-state index in [-0.39, 0.29) is 11.8 Å². The molecule has 0 bridgehead atoms. The van der Waals surface area contributed by atoms with Gasteiger partial charge in [-0.15, -0.1) is 11.3 Å². The third-order valence-electron chi connectivity index (χ3n) is 3.60. The SMILES string of the molecule is O=S1(=O)CCC(NCc2ccc(-c3ccccc3Br)s2)C1. The maximum atomic E-state index is 11.4. The minimum atomic E-state index is -2.81. The van der Waals surface area contributed by atoms with Crippen molar-refractivity contribution in [2.75, 3.05) is 11.5 Å². The second-order valence-corrected chi connectivity index (χ2v) is 9.48. The molecule has 1 saturated heterocycles. The van der Waals surface area contributed by atoms with Gasteiger partial charge in [-0.2, -0.15) is 0 Å². The molecule has 2 aromatic rings. The lowest BCUT2D eigenvalue weighted by molar-refractivity contribution is 0.557. The predicted octanol–water partition coefficient (Wildman–Crippen LogP) is 3.45. The molecule has 1 aliphatic heterocycles. The van der Waals surface area contributed by atoms with E-state index in [0.717, 1.165) is 17.4 Å². The Morgan fingerprint density at radius 3 is 2.76 bits per heavy atom. The average Bonchev–Trinajstić information content (AvgIpc) is 3.03. The van der Waals surface area contributed by atoms with Crippen LogP contribution in [0.5, 0.6) is 0 Å². The molecule has 1 aromatic carbocycles. The van der Waals surface area contributed by atoms with Crippen LogP contribution in [0.2, 0.25) is 0 Å². The standard InChI is InChI=1S/C15H16BrNO2S2/c16-14-4-2-1-3-13(14)15-6-5-12(20-15)9-17-11-7-8-21(18,19)10-11/h1-6,11,17H,7-10H2. The number of benzene rings is 1. The maximum absolute atomic E-state index is 11.4. The van der Waals surface area contributed by atoms with Crippen LogP contribution < -0.4 is 5.32 Å². The van der Waals surface area contributed by atoms with Crippen LogP contribution in [0.25, 0.3) is 10.4 Å². The van der Waals surface area contributed by atoms with Gasteiger partial charge in [-0.3, -0.25) is 0 Å². The second-order valence-electron chi connectivity index (χ2n) is 5.23. The van der Waals surface area contributed by atoms with Gasteiger partial charge in [0.25, 0.3) is 0 Å². The van der Waals surface area contributed by atoms with E-state index in [1.807, 2.05) is 18.2 Å². The number of hydrogen-bond acceptors (Lipinski definition) is 4. The van der Waals surface area contributed by atoms with Crippen molar-refractivity contribution in [1.82, 2.24) is 5.32 Å². The zero-order valence-electron chi connectivity index (χ0n) is 11.4. The molecule has 1 aliphatic rings. The zero-order valence-corrected chi connectivity index (χ0v) is 14.6. The minimum absolute atomic E-state index is 0.101. The molecule has 3 rings (SSSR count). The fourth-order valence-corrected chi connectivity index (χ4v) is 5.82. The van der Waals surface area contributed by atoms with Gasteiger partial charge < -0.3 is 5.32 Å². The van der Waals surface area contributed by atoms with Gasteiger partial charge in [0.05, 0.1) is 11.5 Å². The van der Waals surface area contributed by atoms with Gasteiger partial charge in [-0.1, -0.05) is 34.1 Å². The number of thiophene rings is 1. The molecule has 3 nitrogen and oxygen atoms in total. The lowest BCUT2D eigenvalue weighted by Crippen LogP contribution is -2.29. The largest absolute Gasteiger partial charge is 0.308 e. The van der Waals surface area contributed by atoms with Crippen molar-refractivity contribution in [3.63, 3.8) is 0 Å². The fourth-order valence-electron chi connectivity index (χ4n) is 2.48. The summed E-state index contributed by atoms with van der Waals surface area (Å²) in [5.41, 5.74) is 1.19. The Labute approximate surface area is 137 Å². The molecular formula is C15H16BrNO2S2. The summed E-state index contributed by atoms with van der Waals surface area (Å²) in [5.74, 6) is 0.590. The molecule has 0 spiro atoms. The second kappa shape index (κ2) is 6.20. The van der Waals surface area contributed by atoms with Crippen molar-refractivity contribution in [3.8, 4) is 10.4 Å². The van der Waals surface area contributed by atoms with E-state index in [2.05, 4.69) is 39.4 Å². The highest BCUT2D eigenvalue weighted by atomic mass is 79.9. The average molecular weight is 386 g/mol. The van der Waals surface area contributed by atoms with Gasteiger partial charge in [0.2, 0.25) is 0 Å². The molecule has 112 valence electrons. The van der Waals surface area contributed by atoms with E-state index in [1.54, 1.807) is 11.3 Å². The highest BCUT2D eigenvalue weighted by molar-refractivity contribution is 9.10. The molecule has 0 aliphatic carbocycles. The van der Waals surface area contributed by atoms with Crippen molar-refractivity contribution in [1.29, 1.82) is 0 Å². The Morgan fingerprint density at radius 2 is 2.05 bits per heavy atom. The van der Waals surface area contributed by atoms with Crippen LogP contribution in [0.15, 0.2) is 40.9 Å². The Hall–Kier alpha value is -0.690.